The fraction of sp³-hybridized carbons (Fsp3) is 0.174. The molecule has 0 fully saturated rings. The van der Waals surface area contributed by atoms with Crippen LogP contribution in [0.5, 0.6) is 5.75 Å². The number of methoxy groups -OCH3 is 1. The summed E-state index contributed by atoms with van der Waals surface area (Å²) in [5.74, 6) is 1.61. The highest BCUT2D eigenvalue weighted by atomic mass is 32.2. The number of ether oxygens (including phenoxy) is 1. The van der Waals surface area contributed by atoms with Gasteiger partial charge in [-0.25, -0.2) is 13.4 Å². The fourth-order valence-corrected chi connectivity index (χ4v) is 4.48. The summed E-state index contributed by atoms with van der Waals surface area (Å²) in [6.45, 7) is 0. The number of aromatic nitrogens is 2. The number of hydrogen-bond acceptors (Lipinski definition) is 4. The third kappa shape index (κ3) is 4.16. The summed E-state index contributed by atoms with van der Waals surface area (Å²) < 4.78 is 35.2. The average molecular weight is 422 g/mol. The minimum atomic E-state index is -3.67. The van der Waals surface area contributed by atoms with E-state index in [1.165, 1.54) is 12.1 Å². The van der Waals surface area contributed by atoms with Gasteiger partial charge in [-0.1, -0.05) is 24.3 Å². The molecule has 1 aromatic heterocycles. The molecule has 0 aliphatic rings. The number of benzene rings is 3. The van der Waals surface area contributed by atoms with Crippen LogP contribution in [0.15, 0.2) is 77.7 Å². The van der Waals surface area contributed by atoms with Gasteiger partial charge in [0.25, 0.3) is 10.0 Å². The molecule has 154 valence electrons. The molecule has 3 aromatic carbocycles. The molecule has 1 heterocycles. The molecule has 0 saturated carbocycles. The standard InChI is InChI=1S/C23H23N3O3S/c1-26-22-9-4-3-8-21(22)24-23(26)15-10-17-6-5-7-18(16-17)25-30(27,28)20-13-11-19(29-2)12-14-20/h3-9,11-14,16,25H,10,15H2,1-2H3. The molecule has 0 bridgehead atoms. The first-order valence-electron chi connectivity index (χ1n) is 9.62. The molecule has 7 heteroatoms. The van der Waals surface area contributed by atoms with Crippen molar-refractivity contribution in [2.75, 3.05) is 11.8 Å². The van der Waals surface area contributed by atoms with Crippen molar-refractivity contribution >= 4 is 26.7 Å². The van der Waals surface area contributed by atoms with Crippen LogP contribution in [0.3, 0.4) is 0 Å². The summed E-state index contributed by atoms with van der Waals surface area (Å²) in [5, 5.41) is 0. The second kappa shape index (κ2) is 8.20. The Balaban J connectivity index is 1.48. The van der Waals surface area contributed by atoms with Crippen LogP contribution in [0, 0.1) is 0 Å². The predicted octanol–water partition coefficient (Wildman–Crippen LogP) is 4.17. The summed E-state index contributed by atoms with van der Waals surface area (Å²) in [4.78, 5) is 4.89. The lowest BCUT2D eigenvalue weighted by Gasteiger charge is -2.10. The number of para-hydroxylation sites is 2. The van der Waals surface area contributed by atoms with Crippen LogP contribution in [0.25, 0.3) is 11.0 Å². The number of fused-ring (bicyclic) bond motifs is 1. The van der Waals surface area contributed by atoms with Crippen LogP contribution >= 0.6 is 0 Å². The lowest BCUT2D eigenvalue weighted by molar-refractivity contribution is 0.414. The molecular weight excluding hydrogens is 398 g/mol. The number of nitrogens with zero attached hydrogens (tertiary/aromatic N) is 2. The molecule has 4 aromatic rings. The molecule has 0 aliphatic heterocycles. The van der Waals surface area contributed by atoms with Crippen molar-refractivity contribution in [3.63, 3.8) is 0 Å². The summed E-state index contributed by atoms with van der Waals surface area (Å²) in [7, 11) is -0.108. The Hall–Kier alpha value is -3.32. The molecule has 0 radical (unpaired) electrons. The first kappa shape index (κ1) is 20.0. The molecule has 0 aliphatic carbocycles. The van der Waals surface area contributed by atoms with E-state index in [2.05, 4.69) is 15.4 Å². The lowest BCUT2D eigenvalue weighted by Crippen LogP contribution is -2.13. The van der Waals surface area contributed by atoms with Crippen molar-refractivity contribution in [3.05, 3.63) is 84.2 Å². The smallest absolute Gasteiger partial charge is 0.261 e. The molecule has 4 rings (SSSR count). The van der Waals surface area contributed by atoms with Crippen molar-refractivity contribution in [2.24, 2.45) is 7.05 Å². The van der Waals surface area contributed by atoms with Crippen LogP contribution in [-0.2, 0) is 29.9 Å². The van der Waals surface area contributed by atoms with Crippen molar-refractivity contribution in [1.29, 1.82) is 0 Å². The molecule has 0 atom stereocenters. The highest BCUT2D eigenvalue weighted by Crippen LogP contribution is 2.21. The topological polar surface area (TPSA) is 73.2 Å². The van der Waals surface area contributed by atoms with Crippen molar-refractivity contribution in [3.8, 4) is 5.75 Å². The van der Waals surface area contributed by atoms with Gasteiger partial charge in [-0.15, -0.1) is 0 Å². The maximum atomic E-state index is 12.7. The summed E-state index contributed by atoms with van der Waals surface area (Å²) in [6.07, 6.45) is 1.52. The van der Waals surface area contributed by atoms with Crippen molar-refractivity contribution < 1.29 is 13.2 Å². The summed E-state index contributed by atoms with van der Waals surface area (Å²) >= 11 is 0. The third-order valence-electron chi connectivity index (χ3n) is 5.07. The molecule has 30 heavy (non-hydrogen) atoms. The second-order valence-electron chi connectivity index (χ2n) is 7.06. The maximum Gasteiger partial charge on any atom is 0.261 e. The zero-order valence-corrected chi connectivity index (χ0v) is 17.7. The normalized spacial score (nSPS) is 11.5. The highest BCUT2D eigenvalue weighted by Gasteiger charge is 2.14. The van der Waals surface area contributed by atoms with Gasteiger partial charge in [0.2, 0.25) is 0 Å². The van der Waals surface area contributed by atoms with E-state index >= 15 is 0 Å². The Labute approximate surface area is 176 Å². The van der Waals surface area contributed by atoms with E-state index in [1.807, 2.05) is 43.4 Å². The predicted molar refractivity (Wildman–Crippen MR) is 118 cm³/mol. The number of imidazole rings is 1. The number of sulfonamides is 1. The minimum Gasteiger partial charge on any atom is -0.497 e. The molecule has 1 N–H and O–H groups in total. The minimum absolute atomic E-state index is 0.188. The number of nitrogens with one attached hydrogen (secondary N) is 1. The van der Waals surface area contributed by atoms with Crippen LogP contribution in [-0.4, -0.2) is 25.1 Å². The first-order valence-corrected chi connectivity index (χ1v) is 11.1. The molecule has 0 saturated heterocycles. The van der Waals surface area contributed by atoms with E-state index in [0.29, 0.717) is 11.4 Å². The number of hydrogen-bond donors (Lipinski definition) is 1. The van der Waals surface area contributed by atoms with Gasteiger partial charge in [-0.2, -0.15) is 0 Å². The van der Waals surface area contributed by atoms with Crippen LogP contribution in [0.4, 0.5) is 5.69 Å². The summed E-state index contributed by atoms with van der Waals surface area (Å²) in [5.41, 5.74) is 3.66. The zero-order valence-electron chi connectivity index (χ0n) is 16.9. The molecule has 0 unspecified atom stereocenters. The largest absolute Gasteiger partial charge is 0.497 e. The van der Waals surface area contributed by atoms with Gasteiger partial charge in [-0.05, 0) is 60.5 Å². The first-order chi connectivity index (χ1) is 14.5. The van der Waals surface area contributed by atoms with Crippen molar-refractivity contribution in [1.82, 2.24) is 9.55 Å². The van der Waals surface area contributed by atoms with Gasteiger partial charge in [-0.3, -0.25) is 4.72 Å². The Kier molecular flexibility index (Phi) is 5.46. The fourth-order valence-electron chi connectivity index (χ4n) is 3.43. The summed E-state index contributed by atoms with van der Waals surface area (Å²) in [6, 6.07) is 21.8. The number of anilines is 1. The molecule has 0 amide bonds. The lowest BCUT2D eigenvalue weighted by atomic mass is 10.1. The van der Waals surface area contributed by atoms with E-state index in [-0.39, 0.29) is 4.90 Å². The van der Waals surface area contributed by atoms with Crippen LogP contribution < -0.4 is 9.46 Å². The van der Waals surface area contributed by atoms with Crippen LogP contribution in [0.1, 0.15) is 11.4 Å². The molecular formula is C23H23N3O3S. The SMILES string of the molecule is COc1ccc(S(=O)(=O)Nc2cccc(CCc3nc4ccccc4n3C)c2)cc1. The van der Waals surface area contributed by atoms with Gasteiger partial charge < -0.3 is 9.30 Å². The third-order valence-corrected chi connectivity index (χ3v) is 6.46. The van der Waals surface area contributed by atoms with Gasteiger partial charge in [0, 0.05) is 19.2 Å². The average Bonchev–Trinajstić information content (AvgIpc) is 3.08. The highest BCUT2D eigenvalue weighted by molar-refractivity contribution is 7.92. The van der Waals surface area contributed by atoms with E-state index in [0.717, 1.165) is 35.3 Å². The Bertz CT molecular complexity index is 1280. The van der Waals surface area contributed by atoms with Crippen molar-refractivity contribution in [2.45, 2.75) is 17.7 Å². The van der Waals surface area contributed by atoms with E-state index in [9.17, 15) is 8.42 Å². The van der Waals surface area contributed by atoms with E-state index in [1.54, 1.807) is 25.3 Å². The Morgan fingerprint density at radius 1 is 0.967 bits per heavy atom. The number of aryl methyl sites for hydroxylation is 3. The number of rotatable bonds is 7. The second-order valence-corrected chi connectivity index (χ2v) is 8.74. The van der Waals surface area contributed by atoms with Gasteiger partial charge in [0.15, 0.2) is 0 Å². The maximum absolute atomic E-state index is 12.7. The van der Waals surface area contributed by atoms with Gasteiger partial charge >= 0.3 is 0 Å². The molecule has 6 nitrogen and oxygen atoms in total. The van der Waals surface area contributed by atoms with Gasteiger partial charge in [0.1, 0.15) is 11.6 Å². The van der Waals surface area contributed by atoms with E-state index in [4.69, 9.17) is 9.72 Å². The van der Waals surface area contributed by atoms with E-state index < -0.39 is 10.0 Å². The Morgan fingerprint density at radius 3 is 2.47 bits per heavy atom. The molecule has 0 spiro atoms. The monoisotopic (exact) mass is 421 g/mol. The Morgan fingerprint density at radius 2 is 1.73 bits per heavy atom. The quantitative estimate of drug-likeness (QED) is 0.486. The van der Waals surface area contributed by atoms with Gasteiger partial charge in [0.05, 0.1) is 23.0 Å². The van der Waals surface area contributed by atoms with Crippen LogP contribution in [0.2, 0.25) is 0 Å². The zero-order chi connectivity index (χ0) is 21.1.